The number of hydrogen-bond acceptors (Lipinski definition) is 5. The van der Waals surface area contributed by atoms with Crippen LogP contribution in [-0.4, -0.2) is 25.5 Å². The number of carbonyl (C=O) groups is 2. The molecule has 0 saturated carbocycles. The number of nitriles is 1. The highest BCUT2D eigenvalue weighted by molar-refractivity contribution is 9.10. The van der Waals surface area contributed by atoms with Gasteiger partial charge in [-0.05, 0) is 64.0 Å². The van der Waals surface area contributed by atoms with Crippen LogP contribution < -0.4 is 20.1 Å². The maximum atomic E-state index is 12.6. The highest BCUT2D eigenvalue weighted by atomic mass is 79.9. The molecule has 0 heterocycles. The topological polar surface area (TPSA) is 100 Å². The van der Waals surface area contributed by atoms with E-state index in [4.69, 9.17) is 21.1 Å². The molecule has 2 amide bonds. The van der Waals surface area contributed by atoms with Gasteiger partial charge in [-0.3, -0.25) is 9.59 Å². The number of rotatable bonds is 8. The predicted molar refractivity (Wildman–Crippen MR) is 135 cm³/mol. The van der Waals surface area contributed by atoms with Crippen LogP contribution in [0.2, 0.25) is 5.02 Å². The largest absolute Gasteiger partial charge is 0.493 e. The zero-order chi connectivity index (χ0) is 24.5. The van der Waals surface area contributed by atoms with Gasteiger partial charge in [0.05, 0.1) is 22.3 Å². The van der Waals surface area contributed by atoms with E-state index in [-0.39, 0.29) is 18.1 Å². The summed E-state index contributed by atoms with van der Waals surface area (Å²) in [6.45, 7) is -0.247. The van der Waals surface area contributed by atoms with Crippen molar-refractivity contribution in [3.8, 4) is 17.6 Å². The molecule has 0 spiro atoms. The summed E-state index contributed by atoms with van der Waals surface area (Å²) in [5, 5.41) is 15.2. The van der Waals surface area contributed by atoms with E-state index in [0.717, 1.165) is 0 Å². The Kier molecular flexibility index (Phi) is 8.68. The lowest BCUT2D eigenvalue weighted by Gasteiger charge is -2.14. The van der Waals surface area contributed by atoms with Crippen LogP contribution in [0, 0.1) is 11.3 Å². The van der Waals surface area contributed by atoms with Crippen LogP contribution in [0.4, 0.5) is 11.4 Å². The second kappa shape index (κ2) is 11.9. The summed E-state index contributed by atoms with van der Waals surface area (Å²) >= 11 is 9.47. The lowest BCUT2D eigenvalue weighted by Crippen LogP contribution is -2.20. The summed E-state index contributed by atoms with van der Waals surface area (Å²) in [6, 6.07) is 20.9. The van der Waals surface area contributed by atoms with Crippen molar-refractivity contribution < 1.29 is 19.1 Å². The van der Waals surface area contributed by atoms with Gasteiger partial charge in [0, 0.05) is 5.69 Å². The number of nitrogens with one attached hydrogen (secondary N) is 2. The third kappa shape index (κ3) is 6.61. The second-order valence-corrected chi connectivity index (χ2v) is 8.10. The van der Waals surface area contributed by atoms with Crippen LogP contribution in [0.3, 0.4) is 0 Å². The molecule has 0 atom stereocenters. The lowest BCUT2D eigenvalue weighted by atomic mass is 10.1. The quantitative estimate of drug-likeness (QED) is 0.283. The normalized spacial score (nSPS) is 10.7. The van der Waals surface area contributed by atoms with Crippen molar-refractivity contribution in [2.45, 2.75) is 0 Å². The van der Waals surface area contributed by atoms with Gasteiger partial charge in [0.15, 0.2) is 18.1 Å². The first-order valence-electron chi connectivity index (χ1n) is 9.94. The van der Waals surface area contributed by atoms with Crippen molar-refractivity contribution in [2.75, 3.05) is 24.4 Å². The Morgan fingerprint density at radius 2 is 1.79 bits per heavy atom. The average Bonchev–Trinajstić information content (AvgIpc) is 2.83. The van der Waals surface area contributed by atoms with E-state index in [2.05, 4.69) is 26.6 Å². The monoisotopic (exact) mass is 539 g/mol. The van der Waals surface area contributed by atoms with Gasteiger partial charge in [0.25, 0.3) is 11.8 Å². The molecule has 0 fully saturated rings. The van der Waals surface area contributed by atoms with Gasteiger partial charge in [-0.1, -0.05) is 41.9 Å². The number of hydrogen-bond donors (Lipinski definition) is 2. The third-order valence-corrected chi connectivity index (χ3v) is 5.37. The molecule has 7 nitrogen and oxygen atoms in total. The van der Waals surface area contributed by atoms with Gasteiger partial charge < -0.3 is 20.1 Å². The van der Waals surface area contributed by atoms with Crippen LogP contribution >= 0.6 is 27.5 Å². The minimum atomic E-state index is -0.608. The lowest BCUT2D eigenvalue weighted by molar-refractivity contribution is -0.118. The number of carbonyl (C=O) groups excluding carboxylic acids is 2. The Balaban J connectivity index is 1.75. The zero-order valence-electron chi connectivity index (χ0n) is 18.0. The number of ether oxygens (including phenoxy) is 2. The molecule has 0 aliphatic rings. The first kappa shape index (κ1) is 24.8. The molecule has 0 unspecified atom stereocenters. The van der Waals surface area contributed by atoms with Crippen molar-refractivity contribution in [1.29, 1.82) is 5.26 Å². The van der Waals surface area contributed by atoms with Crippen LogP contribution in [-0.2, 0) is 9.59 Å². The number of methoxy groups -OCH3 is 1. The molecule has 0 aliphatic carbocycles. The van der Waals surface area contributed by atoms with E-state index in [9.17, 15) is 14.9 Å². The predicted octanol–water partition coefficient (Wildman–Crippen LogP) is 5.67. The fourth-order valence-corrected chi connectivity index (χ4v) is 3.64. The molecule has 0 radical (unpaired) electrons. The van der Waals surface area contributed by atoms with Crippen molar-refractivity contribution in [3.63, 3.8) is 0 Å². The minimum absolute atomic E-state index is 0.134. The molecule has 0 aliphatic heterocycles. The molecule has 0 aromatic heterocycles. The van der Waals surface area contributed by atoms with E-state index in [1.165, 1.54) is 13.2 Å². The number of anilines is 2. The Morgan fingerprint density at radius 1 is 1.09 bits per heavy atom. The summed E-state index contributed by atoms with van der Waals surface area (Å²) in [5.41, 5.74) is 1.42. The first-order valence-corrected chi connectivity index (χ1v) is 11.1. The standard InChI is InChI=1S/C25H19BrClN3O4/c1-33-22-13-16(11-17(14-28)25(32)30-21-10-6-5-9-20(21)27)12-19(26)24(22)34-15-23(31)29-18-7-3-2-4-8-18/h2-13H,15H2,1H3,(H,29,31)(H,30,32)/b17-11+. The summed E-state index contributed by atoms with van der Waals surface area (Å²) in [5.74, 6) is -0.324. The maximum Gasteiger partial charge on any atom is 0.266 e. The molecule has 2 N–H and O–H groups in total. The summed E-state index contributed by atoms with van der Waals surface area (Å²) in [6.07, 6.45) is 1.41. The smallest absolute Gasteiger partial charge is 0.266 e. The second-order valence-electron chi connectivity index (χ2n) is 6.84. The fourth-order valence-electron chi connectivity index (χ4n) is 2.89. The van der Waals surface area contributed by atoms with Gasteiger partial charge in [-0.2, -0.15) is 5.26 Å². The van der Waals surface area contributed by atoms with Crippen LogP contribution in [0.25, 0.3) is 6.08 Å². The number of nitrogens with zero attached hydrogens (tertiary/aromatic N) is 1. The number of para-hydroxylation sites is 2. The average molecular weight is 541 g/mol. The highest BCUT2D eigenvalue weighted by Gasteiger charge is 2.16. The fraction of sp³-hybridized carbons (Fsp3) is 0.0800. The molecular formula is C25H19BrClN3O4. The maximum absolute atomic E-state index is 12.6. The summed E-state index contributed by atoms with van der Waals surface area (Å²) < 4.78 is 11.5. The highest BCUT2D eigenvalue weighted by Crippen LogP contribution is 2.37. The molecule has 0 saturated heterocycles. The van der Waals surface area contributed by atoms with Crippen molar-refractivity contribution in [2.24, 2.45) is 0 Å². The molecule has 172 valence electrons. The Morgan fingerprint density at radius 3 is 2.47 bits per heavy atom. The van der Waals surface area contributed by atoms with E-state index in [1.807, 2.05) is 24.3 Å². The van der Waals surface area contributed by atoms with Crippen molar-refractivity contribution in [3.05, 3.63) is 87.4 Å². The van der Waals surface area contributed by atoms with Gasteiger partial charge in [-0.25, -0.2) is 0 Å². The van der Waals surface area contributed by atoms with Gasteiger partial charge >= 0.3 is 0 Å². The van der Waals surface area contributed by atoms with Crippen LogP contribution in [0.5, 0.6) is 11.5 Å². The van der Waals surface area contributed by atoms with Gasteiger partial charge in [0.1, 0.15) is 11.6 Å². The Hall–Kier alpha value is -3.80. The van der Waals surface area contributed by atoms with Gasteiger partial charge in [-0.15, -0.1) is 0 Å². The van der Waals surface area contributed by atoms with E-state index in [0.29, 0.717) is 37.9 Å². The van der Waals surface area contributed by atoms with Gasteiger partial charge in [0.2, 0.25) is 0 Å². The van der Waals surface area contributed by atoms with E-state index < -0.39 is 5.91 Å². The number of halogens is 2. The summed E-state index contributed by atoms with van der Waals surface area (Å²) in [7, 11) is 1.45. The Labute approximate surface area is 210 Å². The number of benzene rings is 3. The molecule has 9 heteroatoms. The molecule has 34 heavy (non-hydrogen) atoms. The SMILES string of the molecule is COc1cc(/C=C(\C#N)C(=O)Nc2ccccc2Cl)cc(Br)c1OCC(=O)Nc1ccccc1. The molecule has 3 rings (SSSR count). The molecule has 3 aromatic rings. The first-order chi connectivity index (χ1) is 16.4. The van der Waals surface area contributed by atoms with Crippen LogP contribution in [0.1, 0.15) is 5.56 Å². The van der Waals surface area contributed by atoms with E-state index in [1.54, 1.807) is 48.5 Å². The van der Waals surface area contributed by atoms with Crippen LogP contribution in [0.15, 0.2) is 76.8 Å². The molecular weight excluding hydrogens is 522 g/mol. The van der Waals surface area contributed by atoms with Crippen molar-refractivity contribution in [1.82, 2.24) is 0 Å². The Bertz CT molecular complexity index is 1270. The summed E-state index contributed by atoms with van der Waals surface area (Å²) in [4.78, 5) is 24.8. The van der Waals surface area contributed by atoms with E-state index >= 15 is 0 Å². The number of amides is 2. The molecule has 3 aromatic carbocycles. The molecule has 0 bridgehead atoms. The van der Waals surface area contributed by atoms with Crippen molar-refractivity contribution >= 4 is 56.8 Å². The minimum Gasteiger partial charge on any atom is -0.493 e. The zero-order valence-corrected chi connectivity index (χ0v) is 20.3. The third-order valence-electron chi connectivity index (χ3n) is 4.46.